The lowest BCUT2D eigenvalue weighted by molar-refractivity contribution is 0.0507. The molecule has 0 spiro atoms. The van der Waals surface area contributed by atoms with Crippen LogP contribution in [0.3, 0.4) is 0 Å². The highest BCUT2D eigenvalue weighted by atomic mass is 16.2. The van der Waals surface area contributed by atoms with Gasteiger partial charge >= 0.3 is 0 Å². The van der Waals surface area contributed by atoms with Crippen LogP contribution < -0.4 is 4.90 Å². The molecule has 0 saturated carbocycles. The number of carbonyl (C=O) groups excluding carboxylic acids is 5. The van der Waals surface area contributed by atoms with Gasteiger partial charge in [-0.1, -0.05) is 30.3 Å². The van der Waals surface area contributed by atoms with Crippen molar-refractivity contribution in [3.8, 4) is 0 Å². The first-order chi connectivity index (χ1) is 16.1. The third-order valence-corrected chi connectivity index (χ3v) is 5.98. The van der Waals surface area contributed by atoms with Crippen molar-refractivity contribution in [3.63, 3.8) is 0 Å². The number of amides is 4. The molecule has 0 saturated heterocycles. The molecule has 0 unspecified atom stereocenters. The first kappa shape index (κ1) is 21.5. The molecule has 0 bridgehead atoms. The number of imide groups is 2. The molecule has 7 heteroatoms. The van der Waals surface area contributed by atoms with E-state index in [2.05, 4.69) is 0 Å². The number of para-hydroxylation sites is 1. The molecule has 3 aromatic carbocycles. The Labute approximate surface area is 195 Å². The van der Waals surface area contributed by atoms with Crippen molar-refractivity contribution in [3.05, 3.63) is 100 Å². The topological polar surface area (TPSA) is 91.8 Å². The molecule has 2 aliphatic rings. The van der Waals surface area contributed by atoms with Gasteiger partial charge in [-0.15, -0.1) is 0 Å². The molecule has 2 aliphatic heterocycles. The van der Waals surface area contributed by atoms with Gasteiger partial charge in [-0.25, -0.2) is 4.90 Å². The van der Waals surface area contributed by atoms with Crippen LogP contribution in [0.4, 0.5) is 5.69 Å². The molecule has 34 heavy (non-hydrogen) atoms. The summed E-state index contributed by atoms with van der Waals surface area (Å²) in [6, 6.07) is 17.3. The minimum Gasteiger partial charge on any atom is -0.289 e. The molecule has 3 aromatic rings. The van der Waals surface area contributed by atoms with E-state index >= 15 is 0 Å². The van der Waals surface area contributed by atoms with Crippen molar-refractivity contribution in [2.45, 2.75) is 26.3 Å². The predicted octanol–water partition coefficient (Wildman–Crippen LogP) is 4.11. The van der Waals surface area contributed by atoms with Gasteiger partial charge in [-0.2, -0.15) is 0 Å². The molecule has 0 atom stereocenters. The van der Waals surface area contributed by atoms with E-state index in [0.717, 1.165) is 4.90 Å². The van der Waals surface area contributed by atoms with Crippen molar-refractivity contribution < 1.29 is 24.0 Å². The molecular formula is C27H20N2O5. The number of hydrogen-bond acceptors (Lipinski definition) is 5. The van der Waals surface area contributed by atoms with Gasteiger partial charge in [0.2, 0.25) is 0 Å². The van der Waals surface area contributed by atoms with Crippen molar-refractivity contribution in [2.24, 2.45) is 0 Å². The summed E-state index contributed by atoms with van der Waals surface area (Å²) in [5, 5.41) is 0. The number of hydrogen-bond donors (Lipinski definition) is 0. The lowest BCUT2D eigenvalue weighted by Crippen LogP contribution is -2.45. The highest BCUT2D eigenvalue weighted by Crippen LogP contribution is 2.32. The summed E-state index contributed by atoms with van der Waals surface area (Å²) < 4.78 is 0. The fourth-order valence-electron chi connectivity index (χ4n) is 4.35. The molecule has 168 valence electrons. The molecule has 0 aliphatic carbocycles. The Balaban J connectivity index is 1.49. The highest BCUT2D eigenvalue weighted by molar-refractivity contribution is 6.35. The van der Waals surface area contributed by atoms with E-state index in [-0.39, 0.29) is 33.4 Å². The molecule has 2 heterocycles. The minimum atomic E-state index is -0.700. The summed E-state index contributed by atoms with van der Waals surface area (Å²) in [5.41, 5.74) is 0.970. The van der Waals surface area contributed by atoms with Crippen LogP contribution in [0.2, 0.25) is 0 Å². The largest absolute Gasteiger partial charge is 0.289 e. The number of rotatable bonds is 3. The Bertz CT molecular complexity index is 1430. The quantitative estimate of drug-likeness (QED) is 0.441. The van der Waals surface area contributed by atoms with Gasteiger partial charge < -0.3 is 0 Å². The average molecular weight is 452 g/mol. The second kappa shape index (κ2) is 7.31. The van der Waals surface area contributed by atoms with E-state index in [4.69, 9.17) is 0 Å². The van der Waals surface area contributed by atoms with E-state index in [1.54, 1.807) is 51.1 Å². The standard InChI is InChI=1S/C27H20N2O5/c1-27(2,3)29-25(33)19-12-10-16(14-21(19)26(29)34)22(30)15-9-11-18-20(13-15)24(32)28(23(18)31)17-7-5-4-6-8-17/h4-14H,1-3H3. The van der Waals surface area contributed by atoms with Gasteiger partial charge in [0, 0.05) is 16.7 Å². The zero-order valence-corrected chi connectivity index (χ0v) is 18.8. The van der Waals surface area contributed by atoms with Gasteiger partial charge in [0.25, 0.3) is 23.6 Å². The van der Waals surface area contributed by atoms with E-state index in [0.29, 0.717) is 5.69 Å². The van der Waals surface area contributed by atoms with Crippen molar-refractivity contribution in [2.75, 3.05) is 4.90 Å². The number of benzene rings is 3. The lowest BCUT2D eigenvalue weighted by atomic mass is 9.96. The summed E-state index contributed by atoms with van der Waals surface area (Å²) in [6.07, 6.45) is 0. The lowest BCUT2D eigenvalue weighted by Gasteiger charge is -2.29. The molecule has 4 amide bonds. The van der Waals surface area contributed by atoms with Crippen LogP contribution in [0.5, 0.6) is 0 Å². The van der Waals surface area contributed by atoms with Crippen molar-refractivity contribution in [1.82, 2.24) is 4.90 Å². The van der Waals surface area contributed by atoms with E-state index < -0.39 is 35.0 Å². The molecular weight excluding hydrogens is 432 g/mol. The molecule has 0 aromatic heterocycles. The second-order valence-electron chi connectivity index (χ2n) is 9.25. The van der Waals surface area contributed by atoms with Crippen LogP contribution in [0.25, 0.3) is 0 Å². The number of ketones is 1. The zero-order valence-electron chi connectivity index (χ0n) is 18.8. The Hall–Kier alpha value is -4.39. The van der Waals surface area contributed by atoms with Gasteiger partial charge in [0.15, 0.2) is 5.78 Å². The SMILES string of the molecule is CC(C)(C)N1C(=O)c2ccc(C(=O)c3ccc4c(c3)C(=O)N(c3ccccc3)C4=O)cc2C1=O. The smallest absolute Gasteiger partial charge is 0.266 e. The normalized spacial score (nSPS) is 15.1. The van der Waals surface area contributed by atoms with E-state index in [9.17, 15) is 24.0 Å². The zero-order chi connectivity index (χ0) is 24.4. The van der Waals surface area contributed by atoms with Crippen molar-refractivity contribution >= 4 is 35.1 Å². The Kier molecular flexibility index (Phi) is 4.61. The van der Waals surface area contributed by atoms with E-state index in [1.165, 1.54) is 41.3 Å². The minimum absolute atomic E-state index is 0.144. The maximum Gasteiger partial charge on any atom is 0.266 e. The van der Waals surface area contributed by atoms with Crippen LogP contribution in [0.1, 0.15) is 78.1 Å². The van der Waals surface area contributed by atoms with Gasteiger partial charge in [0.1, 0.15) is 0 Å². The molecule has 0 fully saturated rings. The number of anilines is 1. The van der Waals surface area contributed by atoms with Crippen LogP contribution in [0, 0.1) is 0 Å². The average Bonchev–Trinajstić information content (AvgIpc) is 3.22. The summed E-state index contributed by atoms with van der Waals surface area (Å²) >= 11 is 0. The number of nitrogens with zero attached hydrogens (tertiary/aromatic N) is 2. The predicted molar refractivity (Wildman–Crippen MR) is 124 cm³/mol. The monoisotopic (exact) mass is 452 g/mol. The fourth-order valence-corrected chi connectivity index (χ4v) is 4.35. The van der Waals surface area contributed by atoms with Crippen LogP contribution in [0.15, 0.2) is 66.7 Å². The summed E-state index contributed by atoms with van der Waals surface area (Å²) in [7, 11) is 0. The first-order valence-electron chi connectivity index (χ1n) is 10.7. The third-order valence-electron chi connectivity index (χ3n) is 5.98. The number of carbonyl (C=O) groups is 5. The molecule has 0 N–H and O–H groups in total. The fraction of sp³-hybridized carbons (Fsp3) is 0.148. The first-order valence-corrected chi connectivity index (χ1v) is 10.7. The van der Waals surface area contributed by atoms with Crippen LogP contribution >= 0.6 is 0 Å². The summed E-state index contributed by atoms with van der Waals surface area (Å²) in [5.74, 6) is -2.21. The van der Waals surface area contributed by atoms with Crippen LogP contribution in [-0.2, 0) is 0 Å². The Morgan fingerprint density at radius 2 is 1.09 bits per heavy atom. The summed E-state index contributed by atoms with van der Waals surface area (Å²) in [6.45, 7) is 5.30. The molecule has 0 radical (unpaired) electrons. The van der Waals surface area contributed by atoms with Gasteiger partial charge in [-0.3, -0.25) is 28.9 Å². The molecule has 7 nitrogen and oxygen atoms in total. The molecule has 5 rings (SSSR count). The maximum absolute atomic E-state index is 13.2. The van der Waals surface area contributed by atoms with Crippen LogP contribution in [-0.4, -0.2) is 39.9 Å². The summed E-state index contributed by atoms with van der Waals surface area (Å²) in [4.78, 5) is 66.9. The maximum atomic E-state index is 13.2. The third kappa shape index (κ3) is 3.08. The van der Waals surface area contributed by atoms with Gasteiger partial charge in [0.05, 0.1) is 27.9 Å². The Morgan fingerprint density at radius 3 is 1.65 bits per heavy atom. The highest BCUT2D eigenvalue weighted by Gasteiger charge is 2.42. The Morgan fingerprint density at radius 1 is 0.618 bits per heavy atom. The van der Waals surface area contributed by atoms with Gasteiger partial charge in [-0.05, 0) is 57.2 Å². The number of fused-ring (bicyclic) bond motifs is 2. The van der Waals surface area contributed by atoms with Crippen molar-refractivity contribution in [1.29, 1.82) is 0 Å². The second-order valence-corrected chi connectivity index (χ2v) is 9.25. The van der Waals surface area contributed by atoms with E-state index in [1.807, 2.05) is 0 Å².